The van der Waals surface area contributed by atoms with Crippen LogP contribution in [0.1, 0.15) is 51.0 Å². The summed E-state index contributed by atoms with van der Waals surface area (Å²) in [6, 6.07) is 6.71. The van der Waals surface area contributed by atoms with Gasteiger partial charge in [-0.15, -0.1) is 0 Å². The molecule has 4 aliphatic rings. The lowest BCUT2D eigenvalue weighted by Crippen LogP contribution is -2.56. The molecule has 0 radical (unpaired) electrons. The van der Waals surface area contributed by atoms with Crippen LogP contribution in [0.3, 0.4) is 0 Å². The lowest BCUT2D eigenvalue weighted by Gasteiger charge is -2.41. The normalized spacial score (nSPS) is 27.3. The number of carbonyl (C=O) groups is 3. The zero-order valence-electron chi connectivity index (χ0n) is 21.4. The van der Waals surface area contributed by atoms with Gasteiger partial charge in [-0.25, -0.2) is 4.39 Å². The van der Waals surface area contributed by atoms with Crippen LogP contribution in [-0.2, 0) is 20.9 Å². The number of piperidine rings is 2. The number of hydrogen-bond acceptors (Lipinski definition) is 5. The first kappa shape index (κ1) is 25.1. The molecular formula is C27H38FN5O3. The minimum Gasteiger partial charge on any atom is -0.348 e. The van der Waals surface area contributed by atoms with Crippen molar-refractivity contribution in [2.24, 2.45) is 0 Å². The number of nitrogens with zero attached hydrogens (tertiary/aromatic N) is 4. The van der Waals surface area contributed by atoms with Gasteiger partial charge >= 0.3 is 0 Å². The molecule has 1 spiro atoms. The van der Waals surface area contributed by atoms with E-state index in [-0.39, 0.29) is 29.6 Å². The molecule has 4 heterocycles. The van der Waals surface area contributed by atoms with E-state index < -0.39 is 11.6 Å². The van der Waals surface area contributed by atoms with Gasteiger partial charge < -0.3 is 15.1 Å². The lowest BCUT2D eigenvalue weighted by atomic mass is 9.84. The predicted molar refractivity (Wildman–Crippen MR) is 133 cm³/mol. The number of benzene rings is 1. The molecule has 4 aliphatic heterocycles. The van der Waals surface area contributed by atoms with Gasteiger partial charge in [0.05, 0.1) is 12.0 Å². The van der Waals surface area contributed by atoms with Crippen molar-refractivity contribution in [1.29, 1.82) is 0 Å². The molecule has 9 heteroatoms. The predicted octanol–water partition coefficient (Wildman–Crippen LogP) is 1.59. The van der Waals surface area contributed by atoms with Crippen molar-refractivity contribution in [3.8, 4) is 0 Å². The summed E-state index contributed by atoms with van der Waals surface area (Å²) >= 11 is 0. The first-order valence-electron chi connectivity index (χ1n) is 13.3. The highest BCUT2D eigenvalue weighted by molar-refractivity contribution is 5.92. The fourth-order valence-electron chi connectivity index (χ4n) is 6.59. The van der Waals surface area contributed by atoms with E-state index in [1.54, 1.807) is 6.92 Å². The van der Waals surface area contributed by atoms with Gasteiger partial charge in [-0.2, -0.15) is 0 Å². The highest BCUT2D eigenvalue weighted by atomic mass is 19.1. The summed E-state index contributed by atoms with van der Waals surface area (Å²) < 4.78 is 13.2. The Morgan fingerprint density at radius 2 is 1.75 bits per heavy atom. The molecule has 0 aromatic heterocycles. The number of halogens is 1. The van der Waals surface area contributed by atoms with Crippen LogP contribution in [0.4, 0.5) is 4.39 Å². The van der Waals surface area contributed by atoms with E-state index in [0.717, 1.165) is 64.0 Å². The van der Waals surface area contributed by atoms with E-state index in [2.05, 4.69) is 22.2 Å². The lowest BCUT2D eigenvalue weighted by molar-refractivity contribution is -0.136. The van der Waals surface area contributed by atoms with Crippen molar-refractivity contribution in [2.45, 2.75) is 75.7 Å². The third kappa shape index (κ3) is 5.13. The van der Waals surface area contributed by atoms with E-state index in [0.29, 0.717) is 25.4 Å². The monoisotopic (exact) mass is 499 g/mol. The molecule has 8 nitrogen and oxygen atoms in total. The standard InChI is InChI=1S/C27H38FN5O3/c1-19(34)32-11-7-22(8-12-32)30(2)23-15-24-26(36)29-27(16-25(35)33(24)18-23)9-13-31(14-10-27)17-20-3-5-21(28)6-4-20/h3-6,22-24H,7-18H2,1-2H3,(H,29,36)/t23-,24-/m0/s1. The molecule has 1 N–H and O–H groups in total. The van der Waals surface area contributed by atoms with Gasteiger partial charge in [0.25, 0.3) is 0 Å². The quantitative estimate of drug-likeness (QED) is 0.681. The molecule has 1 aromatic carbocycles. The average molecular weight is 500 g/mol. The van der Waals surface area contributed by atoms with Gasteiger partial charge in [-0.1, -0.05) is 12.1 Å². The van der Waals surface area contributed by atoms with Gasteiger partial charge in [0, 0.05) is 58.3 Å². The third-order valence-electron chi connectivity index (χ3n) is 8.97. The Bertz CT molecular complexity index is 958. The summed E-state index contributed by atoms with van der Waals surface area (Å²) in [5.74, 6) is -0.0472. The van der Waals surface area contributed by atoms with Crippen molar-refractivity contribution in [2.75, 3.05) is 39.8 Å². The molecule has 0 saturated carbocycles. The summed E-state index contributed by atoms with van der Waals surface area (Å²) in [6.07, 6.45) is 4.35. The second-order valence-electron chi connectivity index (χ2n) is 11.2. The summed E-state index contributed by atoms with van der Waals surface area (Å²) in [5, 5.41) is 3.30. The van der Waals surface area contributed by atoms with Crippen LogP contribution in [0.25, 0.3) is 0 Å². The fourth-order valence-corrected chi connectivity index (χ4v) is 6.59. The number of rotatable bonds is 4. The summed E-state index contributed by atoms with van der Waals surface area (Å²) in [6.45, 7) is 6.07. The maximum absolute atomic E-state index is 13.4. The van der Waals surface area contributed by atoms with Gasteiger partial charge in [-0.05, 0) is 56.8 Å². The zero-order chi connectivity index (χ0) is 25.4. The second-order valence-corrected chi connectivity index (χ2v) is 11.2. The first-order chi connectivity index (χ1) is 17.2. The largest absolute Gasteiger partial charge is 0.348 e. The molecule has 2 atom stereocenters. The van der Waals surface area contributed by atoms with E-state index in [9.17, 15) is 18.8 Å². The first-order valence-corrected chi connectivity index (χ1v) is 13.3. The molecule has 0 bridgehead atoms. The van der Waals surface area contributed by atoms with E-state index in [4.69, 9.17) is 0 Å². The maximum Gasteiger partial charge on any atom is 0.243 e. The minimum absolute atomic E-state index is 0.0184. The van der Waals surface area contributed by atoms with Crippen molar-refractivity contribution >= 4 is 17.7 Å². The highest BCUT2D eigenvalue weighted by Gasteiger charge is 2.49. The second kappa shape index (κ2) is 10.1. The fraction of sp³-hybridized carbons (Fsp3) is 0.667. The van der Waals surface area contributed by atoms with E-state index in [1.165, 1.54) is 12.1 Å². The smallest absolute Gasteiger partial charge is 0.243 e. The molecule has 1 aromatic rings. The van der Waals surface area contributed by atoms with E-state index in [1.807, 2.05) is 21.9 Å². The Hall–Kier alpha value is -2.52. The Morgan fingerprint density at radius 1 is 1.08 bits per heavy atom. The number of carbonyl (C=O) groups excluding carboxylic acids is 3. The molecule has 4 fully saturated rings. The number of likely N-dealkylation sites (tertiary alicyclic amines) is 2. The van der Waals surface area contributed by atoms with Gasteiger partial charge in [0.15, 0.2) is 0 Å². The van der Waals surface area contributed by atoms with Crippen LogP contribution in [0.5, 0.6) is 0 Å². The van der Waals surface area contributed by atoms with Gasteiger partial charge in [-0.3, -0.25) is 24.2 Å². The van der Waals surface area contributed by atoms with Crippen LogP contribution < -0.4 is 5.32 Å². The van der Waals surface area contributed by atoms with Crippen LogP contribution in [0, 0.1) is 5.82 Å². The maximum atomic E-state index is 13.4. The van der Waals surface area contributed by atoms with Gasteiger partial charge in [0.2, 0.25) is 17.7 Å². The highest BCUT2D eigenvalue weighted by Crippen LogP contribution is 2.34. The Labute approximate surface area is 212 Å². The molecule has 4 saturated heterocycles. The van der Waals surface area contributed by atoms with Crippen molar-refractivity contribution in [1.82, 2.24) is 24.9 Å². The summed E-state index contributed by atoms with van der Waals surface area (Å²) in [5.41, 5.74) is 0.592. The molecule has 0 unspecified atom stereocenters. The summed E-state index contributed by atoms with van der Waals surface area (Å²) in [4.78, 5) is 46.8. The van der Waals surface area contributed by atoms with E-state index >= 15 is 0 Å². The summed E-state index contributed by atoms with van der Waals surface area (Å²) in [7, 11) is 2.10. The molecule has 3 amide bonds. The topological polar surface area (TPSA) is 76.2 Å². The number of nitrogens with one attached hydrogen (secondary N) is 1. The van der Waals surface area contributed by atoms with Crippen molar-refractivity contribution in [3.05, 3.63) is 35.6 Å². The number of likely N-dealkylation sites (N-methyl/N-ethyl adjacent to an activating group) is 1. The van der Waals surface area contributed by atoms with Crippen LogP contribution in [-0.4, -0.2) is 101 Å². The van der Waals surface area contributed by atoms with Crippen LogP contribution in [0.2, 0.25) is 0 Å². The third-order valence-corrected chi connectivity index (χ3v) is 8.97. The SMILES string of the molecule is CC(=O)N1CCC(N(C)[C@H]2C[C@H]3C(=O)NC4(CCN(Cc5ccc(F)cc5)CC4)CC(=O)N3C2)CC1. The average Bonchev–Trinajstić information content (AvgIpc) is 3.29. The molecule has 196 valence electrons. The van der Waals surface area contributed by atoms with Crippen LogP contribution >= 0.6 is 0 Å². The van der Waals surface area contributed by atoms with Crippen LogP contribution in [0.15, 0.2) is 24.3 Å². The van der Waals surface area contributed by atoms with Crippen molar-refractivity contribution in [3.63, 3.8) is 0 Å². The van der Waals surface area contributed by atoms with Crippen molar-refractivity contribution < 1.29 is 18.8 Å². The Balaban J connectivity index is 1.17. The number of hydrogen-bond donors (Lipinski definition) is 1. The Kier molecular flexibility index (Phi) is 7.05. The Morgan fingerprint density at radius 3 is 2.39 bits per heavy atom. The minimum atomic E-state index is -0.473. The molecule has 36 heavy (non-hydrogen) atoms. The molecule has 0 aliphatic carbocycles. The number of amides is 3. The van der Waals surface area contributed by atoms with Gasteiger partial charge in [0.1, 0.15) is 11.9 Å². The zero-order valence-corrected chi connectivity index (χ0v) is 21.4. The number of fused-ring (bicyclic) bond motifs is 1. The molecule has 5 rings (SSSR count). The molecular weight excluding hydrogens is 461 g/mol.